The highest BCUT2D eigenvalue weighted by atomic mass is 32.1. The first-order chi connectivity index (χ1) is 15.8. The molecule has 0 unspecified atom stereocenters. The van der Waals surface area contributed by atoms with E-state index in [1.54, 1.807) is 6.08 Å². The highest BCUT2D eigenvalue weighted by Gasteiger charge is 2.35. The van der Waals surface area contributed by atoms with Gasteiger partial charge in [-0.1, -0.05) is 55.0 Å². The second-order valence-electron chi connectivity index (χ2n) is 8.28. The molecule has 0 aromatic heterocycles. The van der Waals surface area contributed by atoms with Crippen molar-refractivity contribution in [3.8, 4) is 5.75 Å². The smallest absolute Gasteiger partial charge is 0.270 e. The lowest BCUT2D eigenvalue weighted by atomic mass is 9.99. The van der Waals surface area contributed by atoms with Gasteiger partial charge < -0.3 is 4.74 Å². The normalized spacial score (nSPS) is 16.3. The first kappa shape index (κ1) is 22.7. The van der Waals surface area contributed by atoms with Crippen molar-refractivity contribution in [2.24, 2.45) is 0 Å². The Morgan fingerprint density at radius 2 is 1.85 bits per heavy atom. The van der Waals surface area contributed by atoms with E-state index in [1.165, 1.54) is 4.90 Å². The van der Waals surface area contributed by atoms with Gasteiger partial charge in [0.15, 0.2) is 5.11 Å². The molecule has 0 radical (unpaired) electrons. The molecule has 0 aliphatic carbocycles. The van der Waals surface area contributed by atoms with Crippen LogP contribution in [0.25, 0.3) is 16.8 Å². The van der Waals surface area contributed by atoms with Gasteiger partial charge in [0.2, 0.25) is 0 Å². The summed E-state index contributed by atoms with van der Waals surface area (Å²) in [5.41, 5.74) is 3.32. The van der Waals surface area contributed by atoms with Crippen LogP contribution in [0.15, 0.2) is 60.2 Å². The van der Waals surface area contributed by atoms with Gasteiger partial charge in [-0.05, 0) is 74.0 Å². The van der Waals surface area contributed by atoms with Crippen molar-refractivity contribution in [1.82, 2.24) is 5.32 Å². The van der Waals surface area contributed by atoms with Crippen molar-refractivity contribution in [3.05, 3.63) is 76.9 Å². The fourth-order valence-electron chi connectivity index (χ4n) is 3.90. The molecule has 33 heavy (non-hydrogen) atoms. The number of nitrogens with zero attached hydrogens (tertiary/aromatic N) is 1. The molecule has 1 saturated heterocycles. The Morgan fingerprint density at radius 3 is 2.58 bits per heavy atom. The van der Waals surface area contributed by atoms with E-state index < -0.39 is 11.8 Å². The quantitative estimate of drug-likeness (QED) is 0.313. The van der Waals surface area contributed by atoms with Crippen LogP contribution in [0.3, 0.4) is 0 Å². The Labute approximate surface area is 199 Å². The number of hydrogen-bond acceptors (Lipinski definition) is 4. The van der Waals surface area contributed by atoms with Crippen LogP contribution >= 0.6 is 12.2 Å². The minimum Gasteiger partial charge on any atom is -0.490 e. The van der Waals surface area contributed by atoms with Gasteiger partial charge >= 0.3 is 0 Å². The lowest BCUT2D eigenvalue weighted by Crippen LogP contribution is -2.54. The standard InChI is InChI=1S/C27H26N2O3S/c1-5-18(4)32-24-13-11-19-8-6-7-9-20(19)21(24)15-22-25(30)28-27(33)29(26(22)31)23-12-10-16(2)14-17(23)3/h6-15,18H,5H2,1-4H3,(H,28,30,33)/b22-15+/t18-/m1/s1. The highest BCUT2D eigenvalue weighted by molar-refractivity contribution is 7.80. The average Bonchev–Trinajstić information content (AvgIpc) is 2.78. The summed E-state index contributed by atoms with van der Waals surface area (Å²) in [6.45, 7) is 7.94. The largest absolute Gasteiger partial charge is 0.490 e. The minimum atomic E-state index is -0.520. The predicted molar refractivity (Wildman–Crippen MR) is 136 cm³/mol. The van der Waals surface area contributed by atoms with Gasteiger partial charge in [-0.2, -0.15) is 0 Å². The van der Waals surface area contributed by atoms with Gasteiger partial charge in [0.1, 0.15) is 11.3 Å². The van der Waals surface area contributed by atoms with Crippen LogP contribution in [0.4, 0.5) is 5.69 Å². The molecule has 4 rings (SSSR count). The third-order valence-electron chi connectivity index (χ3n) is 5.82. The second-order valence-corrected chi connectivity index (χ2v) is 8.67. The van der Waals surface area contributed by atoms with E-state index in [0.29, 0.717) is 17.0 Å². The number of thiocarbonyl (C=S) groups is 1. The molecule has 1 aliphatic heterocycles. The highest BCUT2D eigenvalue weighted by Crippen LogP contribution is 2.33. The molecule has 0 spiro atoms. The van der Waals surface area contributed by atoms with Crippen LogP contribution in [0.1, 0.15) is 37.0 Å². The van der Waals surface area contributed by atoms with Crippen molar-refractivity contribution >= 4 is 51.7 Å². The van der Waals surface area contributed by atoms with E-state index in [0.717, 1.165) is 28.3 Å². The monoisotopic (exact) mass is 458 g/mol. The molecule has 1 fully saturated rings. The maximum absolute atomic E-state index is 13.6. The molecule has 3 aromatic carbocycles. The number of anilines is 1. The SMILES string of the molecule is CC[C@@H](C)Oc1ccc2ccccc2c1/C=C1\C(=O)NC(=S)N(c2ccc(C)cc2C)C1=O. The zero-order valence-electron chi connectivity index (χ0n) is 19.1. The van der Waals surface area contributed by atoms with Gasteiger partial charge in [-0.3, -0.25) is 19.8 Å². The van der Waals surface area contributed by atoms with Crippen molar-refractivity contribution in [2.75, 3.05) is 4.90 Å². The molecule has 1 N–H and O–H groups in total. The average molecular weight is 459 g/mol. The molecule has 3 aromatic rings. The van der Waals surface area contributed by atoms with Crippen LogP contribution in [-0.4, -0.2) is 23.0 Å². The molecule has 1 heterocycles. The first-order valence-corrected chi connectivity index (χ1v) is 11.4. The number of benzene rings is 3. The first-order valence-electron chi connectivity index (χ1n) is 11.0. The fourth-order valence-corrected chi connectivity index (χ4v) is 4.18. The minimum absolute atomic E-state index is 0.00827. The number of carbonyl (C=O) groups excluding carboxylic acids is 2. The Bertz CT molecular complexity index is 1310. The number of amides is 2. The zero-order valence-corrected chi connectivity index (χ0v) is 20.0. The number of rotatable bonds is 5. The van der Waals surface area contributed by atoms with E-state index >= 15 is 0 Å². The third kappa shape index (κ3) is 4.39. The molecular weight excluding hydrogens is 432 g/mol. The van der Waals surface area contributed by atoms with Crippen molar-refractivity contribution < 1.29 is 14.3 Å². The van der Waals surface area contributed by atoms with Crippen molar-refractivity contribution in [1.29, 1.82) is 0 Å². The van der Waals surface area contributed by atoms with Gasteiger partial charge in [0, 0.05) is 5.56 Å². The Morgan fingerprint density at radius 1 is 1.09 bits per heavy atom. The molecule has 168 valence electrons. The molecule has 0 bridgehead atoms. The maximum Gasteiger partial charge on any atom is 0.270 e. The van der Waals surface area contributed by atoms with Crippen LogP contribution in [0, 0.1) is 13.8 Å². The number of carbonyl (C=O) groups is 2. The third-order valence-corrected chi connectivity index (χ3v) is 6.10. The Kier molecular flexibility index (Phi) is 6.29. The lowest BCUT2D eigenvalue weighted by molar-refractivity contribution is -0.122. The summed E-state index contributed by atoms with van der Waals surface area (Å²) >= 11 is 5.37. The maximum atomic E-state index is 13.6. The molecule has 1 aliphatic rings. The Balaban J connectivity index is 1.87. The van der Waals surface area contributed by atoms with Crippen LogP contribution in [-0.2, 0) is 9.59 Å². The molecule has 6 heteroatoms. The van der Waals surface area contributed by atoms with Gasteiger partial charge in [0.05, 0.1) is 11.8 Å². The van der Waals surface area contributed by atoms with E-state index in [4.69, 9.17) is 17.0 Å². The summed E-state index contributed by atoms with van der Waals surface area (Å²) in [7, 11) is 0. The Hall–Kier alpha value is -3.51. The summed E-state index contributed by atoms with van der Waals surface area (Å²) in [6.07, 6.45) is 2.44. The van der Waals surface area contributed by atoms with Gasteiger partial charge in [-0.15, -0.1) is 0 Å². The van der Waals surface area contributed by atoms with Gasteiger partial charge in [0.25, 0.3) is 11.8 Å². The van der Waals surface area contributed by atoms with Crippen LogP contribution in [0.2, 0.25) is 0 Å². The second kappa shape index (κ2) is 9.16. The molecule has 5 nitrogen and oxygen atoms in total. The van der Waals surface area contributed by atoms with E-state index in [-0.39, 0.29) is 16.8 Å². The van der Waals surface area contributed by atoms with E-state index in [2.05, 4.69) is 5.32 Å². The molecule has 1 atom stereocenters. The van der Waals surface area contributed by atoms with Crippen LogP contribution < -0.4 is 15.0 Å². The number of hydrogen-bond donors (Lipinski definition) is 1. The molecule has 2 amide bonds. The lowest BCUT2D eigenvalue weighted by Gasteiger charge is -2.30. The topological polar surface area (TPSA) is 58.6 Å². The van der Waals surface area contributed by atoms with Crippen molar-refractivity contribution in [2.45, 2.75) is 40.2 Å². The molecule has 0 saturated carbocycles. The van der Waals surface area contributed by atoms with E-state index in [9.17, 15) is 9.59 Å². The van der Waals surface area contributed by atoms with Gasteiger partial charge in [-0.25, -0.2) is 0 Å². The van der Waals surface area contributed by atoms with E-state index in [1.807, 2.05) is 82.3 Å². The number of aryl methyl sites for hydroxylation is 2. The fraction of sp³-hybridized carbons (Fsp3) is 0.222. The number of ether oxygens (including phenoxy) is 1. The van der Waals surface area contributed by atoms with Crippen LogP contribution in [0.5, 0.6) is 5.75 Å². The summed E-state index contributed by atoms with van der Waals surface area (Å²) in [5.74, 6) is -0.353. The predicted octanol–water partition coefficient (Wildman–Crippen LogP) is 5.47. The summed E-state index contributed by atoms with van der Waals surface area (Å²) in [4.78, 5) is 27.9. The number of fused-ring (bicyclic) bond motifs is 1. The summed E-state index contributed by atoms with van der Waals surface area (Å²) < 4.78 is 6.15. The summed E-state index contributed by atoms with van der Waals surface area (Å²) in [6, 6.07) is 17.4. The summed E-state index contributed by atoms with van der Waals surface area (Å²) in [5, 5.41) is 4.64. The van der Waals surface area contributed by atoms with Crippen molar-refractivity contribution in [3.63, 3.8) is 0 Å². The molecular formula is C27H26N2O3S. The zero-order chi connectivity index (χ0) is 23.7. The number of nitrogens with one attached hydrogen (secondary N) is 1.